The molecule has 0 amide bonds. The molecule has 1 saturated carbocycles. The molecule has 1 aromatic heterocycles. The molecule has 2 saturated heterocycles. The van der Waals surface area contributed by atoms with Crippen molar-refractivity contribution in [3.63, 3.8) is 0 Å². The highest BCUT2D eigenvalue weighted by Gasteiger charge is 2.41. The van der Waals surface area contributed by atoms with Crippen molar-refractivity contribution >= 4 is 5.82 Å². The summed E-state index contributed by atoms with van der Waals surface area (Å²) in [7, 11) is 0. The molecule has 5 nitrogen and oxygen atoms in total. The summed E-state index contributed by atoms with van der Waals surface area (Å²) < 4.78 is 85.9. The first-order valence-corrected chi connectivity index (χ1v) is 12.3. The molecule has 196 valence electrons. The van der Waals surface area contributed by atoms with Gasteiger partial charge in [0.1, 0.15) is 11.6 Å². The molecule has 0 unspecified atom stereocenters. The Morgan fingerprint density at radius 3 is 2.31 bits per heavy atom. The Bertz CT molecular complexity index is 1040. The van der Waals surface area contributed by atoms with E-state index in [-0.39, 0.29) is 17.8 Å². The molecular weight excluding hydrogens is 486 g/mol. The lowest BCUT2D eigenvalue weighted by molar-refractivity contribution is -0.137. The molecule has 3 fully saturated rings. The van der Waals surface area contributed by atoms with E-state index in [9.17, 15) is 26.3 Å². The quantitative estimate of drug-likeness (QED) is 0.495. The molecule has 0 bridgehead atoms. The van der Waals surface area contributed by atoms with Gasteiger partial charge < -0.3 is 15.0 Å². The first-order chi connectivity index (χ1) is 17.2. The summed E-state index contributed by atoms with van der Waals surface area (Å²) in [5.41, 5.74) is -3.53. The Labute approximate surface area is 205 Å². The number of hydrogen-bond acceptors (Lipinski definition) is 5. The van der Waals surface area contributed by atoms with Crippen LogP contribution in [-0.4, -0.2) is 54.0 Å². The first-order valence-electron chi connectivity index (χ1n) is 12.3. The number of benzene rings is 1. The number of hydrogen-bond donors (Lipinski definition) is 1. The molecule has 3 heterocycles. The lowest BCUT2D eigenvalue weighted by Gasteiger charge is -2.27. The van der Waals surface area contributed by atoms with Gasteiger partial charge in [0.15, 0.2) is 0 Å². The standard InChI is InChI=1S/C25H28F6N4O/c26-21-10-18(20(25(29,30)31)9-19(21)24(27)28)22-1-2-23(34-33-22)32-17-7-15-12-35(13-16(15)8-17)11-14-3-5-36-6-4-14/h1-2,9-10,14-17,24H,3-8,11-13H2,(H,32,34)/t15-,16-/m1/s1. The van der Waals surface area contributed by atoms with E-state index in [1.807, 2.05) is 0 Å². The summed E-state index contributed by atoms with van der Waals surface area (Å²) in [5, 5.41) is 11.2. The molecule has 1 aliphatic carbocycles. The molecule has 5 rings (SSSR count). The van der Waals surface area contributed by atoms with E-state index in [2.05, 4.69) is 20.4 Å². The van der Waals surface area contributed by atoms with Gasteiger partial charge in [-0.1, -0.05) is 0 Å². The van der Waals surface area contributed by atoms with Crippen LogP contribution < -0.4 is 5.32 Å². The molecular formula is C25H28F6N4O. The van der Waals surface area contributed by atoms with Gasteiger partial charge in [-0.25, -0.2) is 13.2 Å². The summed E-state index contributed by atoms with van der Waals surface area (Å²) >= 11 is 0. The first kappa shape index (κ1) is 25.3. The molecule has 1 N–H and O–H groups in total. The normalized spacial score (nSPS) is 24.0. The van der Waals surface area contributed by atoms with E-state index in [0.717, 1.165) is 58.5 Å². The monoisotopic (exact) mass is 514 g/mol. The number of halogens is 6. The molecule has 2 aliphatic heterocycles. The minimum absolute atomic E-state index is 0.145. The fourth-order valence-electron chi connectivity index (χ4n) is 5.92. The summed E-state index contributed by atoms with van der Waals surface area (Å²) in [6, 6.07) is 3.58. The minimum Gasteiger partial charge on any atom is -0.381 e. The van der Waals surface area contributed by atoms with Crippen LogP contribution in [0.5, 0.6) is 0 Å². The van der Waals surface area contributed by atoms with Crippen LogP contribution >= 0.6 is 0 Å². The lowest BCUT2D eigenvalue weighted by Crippen LogP contribution is -2.32. The molecule has 2 aromatic rings. The highest BCUT2D eigenvalue weighted by atomic mass is 19.4. The molecule has 3 aliphatic rings. The van der Waals surface area contributed by atoms with Crippen LogP contribution in [0.1, 0.15) is 43.2 Å². The van der Waals surface area contributed by atoms with E-state index in [0.29, 0.717) is 29.6 Å². The van der Waals surface area contributed by atoms with Gasteiger partial charge in [-0.05, 0) is 67.7 Å². The highest BCUT2D eigenvalue weighted by Crippen LogP contribution is 2.41. The summed E-state index contributed by atoms with van der Waals surface area (Å²) in [6.45, 7) is 4.98. The zero-order valence-corrected chi connectivity index (χ0v) is 19.6. The summed E-state index contributed by atoms with van der Waals surface area (Å²) in [4.78, 5) is 2.56. The van der Waals surface area contributed by atoms with Gasteiger partial charge in [0.25, 0.3) is 6.43 Å². The van der Waals surface area contributed by atoms with Crippen molar-refractivity contribution in [2.75, 3.05) is 38.2 Å². The molecule has 2 atom stereocenters. The Morgan fingerprint density at radius 2 is 1.72 bits per heavy atom. The predicted molar refractivity (Wildman–Crippen MR) is 121 cm³/mol. The van der Waals surface area contributed by atoms with E-state index in [4.69, 9.17) is 4.74 Å². The predicted octanol–water partition coefficient (Wildman–Crippen LogP) is 5.79. The van der Waals surface area contributed by atoms with Crippen LogP contribution in [0.25, 0.3) is 11.3 Å². The number of anilines is 1. The average molecular weight is 515 g/mol. The number of ether oxygens (including phenoxy) is 1. The van der Waals surface area contributed by atoms with Gasteiger partial charge in [-0.3, -0.25) is 0 Å². The van der Waals surface area contributed by atoms with Crippen LogP contribution in [0.15, 0.2) is 24.3 Å². The third kappa shape index (κ3) is 5.46. The number of likely N-dealkylation sites (tertiary alicyclic amines) is 1. The third-order valence-corrected chi connectivity index (χ3v) is 7.65. The van der Waals surface area contributed by atoms with Crippen molar-refractivity contribution in [3.8, 4) is 11.3 Å². The second-order valence-corrected chi connectivity index (χ2v) is 10.1. The Hall–Kier alpha value is -2.40. The smallest absolute Gasteiger partial charge is 0.381 e. The van der Waals surface area contributed by atoms with E-state index in [1.54, 1.807) is 0 Å². The number of nitrogens with zero attached hydrogens (tertiary/aromatic N) is 3. The van der Waals surface area contributed by atoms with Crippen LogP contribution in [0.2, 0.25) is 0 Å². The minimum atomic E-state index is -4.95. The zero-order valence-electron chi connectivity index (χ0n) is 19.6. The maximum absolute atomic E-state index is 14.1. The molecule has 36 heavy (non-hydrogen) atoms. The van der Waals surface area contributed by atoms with Crippen LogP contribution in [-0.2, 0) is 10.9 Å². The van der Waals surface area contributed by atoms with Gasteiger partial charge in [-0.15, -0.1) is 10.2 Å². The van der Waals surface area contributed by atoms with Crippen molar-refractivity contribution in [1.82, 2.24) is 15.1 Å². The maximum atomic E-state index is 14.1. The van der Waals surface area contributed by atoms with Gasteiger partial charge >= 0.3 is 6.18 Å². The van der Waals surface area contributed by atoms with Crippen molar-refractivity contribution in [2.24, 2.45) is 17.8 Å². The van der Waals surface area contributed by atoms with E-state index in [1.165, 1.54) is 12.1 Å². The Balaban J connectivity index is 1.21. The number of nitrogens with one attached hydrogen (secondary N) is 1. The Morgan fingerprint density at radius 1 is 1.03 bits per heavy atom. The third-order valence-electron chi connectivity index (χ3n) is 7.65. The largest absolute Gasteiger partial charge is 0.417 e. The van der Waals surface area contributed by atoms with Crippen LogP contribution in [0.3, 0.4) is 0 Å². The maximum Gasteiger partial charge on any atom is 0.417 e. The number of aromatic nitrogens is 2. The Kier molecular flexibility index (Phi) is 7.13. The molecule has 0 spiro atoms. The van der Waals surface area contributed by atoms with Crippen LogP contribution in [0, 0.1) is 23.6 Å². The average Bonchev–Trinajstić information content (AvgIpc) is 3.37. The second kappa shape index (κ2) is 10.2. The van der Waals surface area contributed by atoms with Gasteiger partial charge in [0.05, 0.1) is 16.8 Å². The van der Waals surface area contributed by atoms with Gasteiger partial charge in [0.2, 0.25) is 0 Å². The van der Waals surface area contributed by atoms with Gasteiger partial charge in [-0.2, -0.15) is 13.2 Å². The fraction of sp³-hybridized carbons (Fsp3) is 0.600. The zero-order chi connectivity index (χ0) is 25.4. The van der Waals surface area contributed by atoms with E-state index < -0.39 is 35.1 Å². The number of alkyl halides is 5. The molecule has 11 heteroatoms. The van der Waals surface area contributed by atoms with E-state index >= 15 is 0 Å². The SMILES string of the molecule is Fc1cc(-c2ccc(NC3C[C@@H]4CN(CC5CCOCC5)C[C@H]4C3)nn2)c(C(F)(F)F)cc1C(F)F. The van der Waals surface area contributed by atoms with Crippen molar-refractivity contribution < 1.29 is 31.1 Å². The topological polar surface area (TPSA) is 50.3 Å². The molecule has 0 radical (unpaired) electrons. The van der Waals surface area contributed by atoms with Crippen molar-refractivity contribution in [3.05, 3.63) is 41.2 Å². The highest BCUT2D eigenvalue weighted by molar-refractivity contribution is 5.66. The van der Waals surface area contributed by atoms with Gasteiger partial charge in [0, 0.05) is 44.5 Å². The van der Waals surface area contributed by atoms with Crippen molar-refractivity contribution in [1.29, 1.82) is 0 Å². The number of rotatable bonds is 6. The number of fused-ring (bicyclic) bond motifs is 1. The summed E-state index contributed by atoms with van der Waals surface area (Å²) in [5.74, 6) is 0.903. The van der Waals surface area contributed by atoms with Crippen molar-refractivity contribution in [2.45, 2.75) is 44.3 Å². The fourth-order valence-corrected chi connectivity index (χ4v) is 5.92. The van der Waals surface area contributed by atoms with Crippen LogP contribution in [0.4, 0.5) is 32.2 Å². The molecule has 1 aromatic carbocycles. The lowest BCUT2D eigenvalue weighted by atomic mass is 10.00. The summed E-state index contributed by atoms with van der Waals surface area (Å²) in [6.07, 6.45) is -4.10. The second-order valence-electron chi connectivity index (χ2n) is 10.1.